The van der Waals surface area contributed by atoms with Crippen LogP contribution in [0, 0.1) is 5.92 Å². The van der Waals surface area contributed by atoms with Crippen LogP contribution >= 0.6 is 0 Å². The summed E-state index contributed by atoms with van der Waals surface area (Å²) in [4.78, 5) is 10.8. The molecule has 0 amide bonds. The number of nitrogens with one attached hydrogen (secondary N) is 1. The van der Waals surface area contributed by atoms with E-state index in [2.05, 4.69) is 20.2 Å². The first-order chi connectivity index (χ1) is 7.38. The Bertz CT molecular complexity index is 288. The summed E-state index contributed by atoms with van der Waals surface area (Å²) >= 11 is 0. The van der Waals surface area contributed by atoms with Crippen molar-refractivity contribution in [3.63, 3.8) is 0 Å². The van der Waals surface area contributed by atoms with E-state index < -0.39 is 0 Å². The second kappa shape index (κ2) is 5.19. The molecule has 82 valence electrons. The molecule has 1 atom stereocenters. The summed E-state index contributed by atoms with van der Waals surface area (Å²) < 4.78 is 0. The third kappa shape index (κ3) is 2.97. The first-order valence-electron chi connectivity index (χ1n) is 5.50. The number of hydrogen-bond acceptors (Lipinski definition) is 4. The van der Waals surface area contributed by atoms with Crippen molar-refractivity contribution in [3.05, 3.63) is 24.3 Å². The molecule has 0 aliphatic carbocycles. The Morgan fingerprint density at radius 2 is 2.47 bits per heavy atom. The molecule has 1 fully saturated rings. The maximum Gasteiger partial charge on any atom is 0.0726 e. The lowest BCUT2D eigenvalue weighted by Gasteiger charge is -2.14. The highest BCUT2D eigenvalue weighted by Crippen LogP contribution is 2.16. The van der Waals surface area contributed by atoms with Gasteiger partial charge in [0, 0.05) is 31.7 Å². The van der Waals surface area contributed by atoms with Crippen LogP contribution in [-0.4, -0.2) is 41.5 Å². The van der Waals surface area contributed by atoms with Crippen LogP contribution in [0.3, 0.4) is 0 Å². The molecule has 1 aliphatic heterocycles. The predicted molar refractivity (Wildman–Crippen MR) is 59.3 cm³/mol. The summed E-state index contributed by atoms with van der Waals surface area (Å²) in [6, 6.07) is 0. The molecule has 1 aromatic heterocycles. The summed E-state index contributed by atoms with van der Waals surface area (Å²) in [7, 11) is 2.02. The molecule has 1 aromatic rings. The van der Waals surface area contributed by atoms with Crippen molar-refractivity contribution < 1.29 is 0 Å². The zero-order valence-corrected chi connectivity index (χ0v) is 9.19. The number of aromatic nitrogens is 2. The van der Waals surface area contributed by atoms with E-state index in [4.69, 9.17) is 0 Å². The van der Waals surface area contributed by atoms with Crippen molar-refractivity contribution in [3.8, 4) is 0 Å². The smallest absolute Gasteiger partial charge is 0.0726 e. The van der Waals surface area contributed by atoms with Gasteiger partial charge in [-0.05, 0) is 32.5 Å². The van der Waals surface area contributed by atoms with Crippen LogP contribution in [0.4, 0.5) is 0 Å². The van der Waals surface area contributed by atoms with Gasteiger partial charge in [0.15, 0.2) is 0 Å². The van der Waals surface area contributed by atoms with Gasteiger partial charge in [0.2, 0.25) is 0 Å². The fraction of sp³-hybridized carbons (Fsp3) is 0.636. The van der Waals surface area contributed by atoms with E-state index in [0.29, 0.717) is 0 Å². The zero-order valence-electron chi connectivity index (χ0n) is 9.19. The van der Waals surface area contributed by atoms with Gasteiger partial charge in [-0.25, -0.2) is 0 Å². The number of hydrogen-bond donors (Lipinski definition) is 1. The lowest BCUT2D eigenvalue weighted by Crippen LogP contribution is -2.24. The maximum absolute atomic E-state index is 4.29. The molecule has 15 heavy (non-hydrogen) atoms. The molecule has 0 aromatic carbocycles. The molecule has 0 bridgehead atoms. The Hall–Kier alpha value is -1.00. The molecular formula is C11H18N4. The van der Waals surface area contributed by atoms with E-state index >= 15 is 0 Å². The van der Waals surface area contributed by atoms with Gasteiger partial charge in [-0.1, -0.05) is 0 Å². The average Bonchev–Trinajstić information content (AvgIpc) is 2.68. The van der Waals surface area contributed by atoms with Gasteiger partial charge in [-0.2, -0.15) is 0 Å². The summed E-state index contributed by atoms with van der Waals surface area (Å²) in [5, 5.41) is 3.24. The van der Waals surface area contributed by atoms with Gasteiger partial charge < -0.3 is 5.32 Å². The van der Waals surface area contributed by atoms with Gasteiger partial charge in [0.25, 0.3) is 0 Å². The number of rotatable bonds is 4. The van der Waals surface area contributed by atoms with E-state index in [1.54, 1.807) is 12.4 Å². The SMILES string of the molecule is CNCC1CCN(Cc2cnccn2)C1. The topological polar surface area (TPSA) is 41.0 Å². The normalized spacial score (nSPS) is 22.1. The quantitative estimate of drug-likeness (QED) is 0.779. The van der Waals surface area contributed by atoms with Crippen molar-refractivity contribution >= 4 is 0 Å². The summed E-state index contributed by atoms with van der Waals surface area (Å²) in [6.07, 6.45) is 6.63. The third-order valence-corrected chi connectivity index (χ3v) is 2.87. The summed E-state index contributed by atoms with van der Waals surface area (Å²) in [5.41, 5.74) is 1.07. The Morgan fingerprint density at radius 1 is 1.53 bits per heavy atom. The first kappa shape index (κ1) is 10.5. The predicted octanol–water partition coefficient (Wildman–Crippen LogP) is 0.518. The van der Waals surface area contributed by atoms with Crippen LogP contribution in [0.25, 0.3) is 0 Å². The standard InChI is InChI=1S/C11H18N4/c1-12-6-10-2-5-15(8-10)9-11-7-13-3-4-14-11/h3-4,7,10,12H,2,5-6,8-9H2,1H3. The van der Waals surface area contributed by atoms with Crippen molar-refractivity contribution in [2.24, 2.45) is 5.92 Å². The number of nitrogens with zero attached hydrogens (tertiary/aromatic N) is 3. The van der Waals surface area contributed by atoms with Crippen LogP contribution in [0.5, 0.6) is 0 Å². The minimum Gasteiger partial charge on any atom is -0.319 e. The van der Waals surface area contributed by atoms with Crippen LogP contribution in [0.2, 0.25) is 0 Å². The molecular weight excluding hydrogens is 188 g/mol. The fourth-order valence-electron chi connectivity index (χ4n) is 2.15. The van der Waals surface area contributed by atoms with Crippen molar-refractivity contribution in [1.29, 1.82) is 0 Å². The average molecular weight is 206 g/mol. The van der Waals surface area contributed by atoms with Gasteiger partial charge in [0.1, 0.15) is 0 Å². The fourth-order valence-corrected chi connectivity index (χ4v) is 2.15. The minimum atomic E-state index is 0.798. The van der Waals surface area contributed by atoms with E-state index in [-0.39, 0.29) is 0 Å². The van der Waals surface area contributed by atoms with E-state index in [1.807, 2.05) is 13.2 Å². The Morgan fingerprint density at radius 3 is 3.20 bits per heavy atom. The molecule has 1 unspecified atom stereocenters. The Labute approximate surface area is 90.7 Å². The lowest BCUT2D eigenvalue weighted by molar-refractivity contribution is 0.311. The molecule has 0 saturated carbocycles. The zero-order chi connectivity index (χ0) is 10.5. The molecule has 1 N–H and O–H groups in total. The minimum absolute atomic E-state index is 0.798. The van der Waals surface area contributed by atoms with Gasteiger partial charge >= 0.3 is 0 Å². The summed E-state index contributed by atoms with van der Waals surface area (Å²) in [6.45, 7) is 4.42. The second-order valence-corrected chi connectivity index (χ2v) is 4.14. The highest BCUT2D eigenvalue weighted by atomic mass is 15.2. The molecule has 4 nitrogen and oxygen atoms in total. The van der Waals surface area contributed by atoms with Crippen molar-refractivity contribution in [2.45, 2.75) is 13.0 Å². The Kier molecular flexibility index (Phi) is 3.64. The molecule has 4 heteroatoms. The monoisotopic (exact) mass is 206 g/mol. The van der Waals surface area contributed by atoms with Crippen molar-refractivity contribution in [2.75, 3.05) is 26.7 Å². The van der Waals surface area contributed by atoms with E-state index in [9.17, 15) is 0 Å². The largest absolute Gasteiger partial charge is 0.319 e. The van der Waals surface area contributed by atoms with E-state index in [0.717, 1.165) is 24.7 Å². The number of likely N-dealkylation sites (tertiary alicyclic amines) is 1. The highest BCUT2D eigenvalue weighted by molar-refractivity contribution is 4.95. The maximum atomic E-state index is 4.29. The van der Waals surface area contributed by atoms with E-state index in [1.165, 1.54) is 19.5 Å². The van der Waals surface area contributed by atoms with Crippen molar-refractivity contribution in [1.82, 2.24) is 20.2 Å². The molecule has 2 rings (SSSR count). The van der Waals surface area contributed by atoms with Crippen LogP contribution < -0.4 is 5.32 Å². The molecule has 0 spiro atoms. The lowest BCUT2D eigenvalue weighted by atomic mass is 10.1. The second-order valence-electron chi connectivity index (χ2n) is 4.14. The van der Waals surface area contributed by atoms with Crippen LogP contribution in [0.1, 0.15) is 12.1 Å². The van der Waals surface area contributed by atoms with Crippen LogP contribution in [0.15, 0.2) is 18.6 Å². The van der Waals surface area contributed by atoms with Crippen LogP contribution in [-0.2, 0) is 6.54 Å². The third-order valence-electron chi connectivity index (χ3n) is 2.87. The Balaban J connectivity index is 1.82. The molecule has 2 heterocycles. The molecule has 0 radical (unpaired) electrons. The van der Waals surface area contributed by atoms with Gasteiger partial charge in [-0.15, -0.1) is 0 Å². The highest BCUT2D eigenvalue weighted by Gasteiger charge is 2.21. The van der Waals surface area contributed by atoms with Gasteiger partial charge in [0.05, 0.1) is 5.69 Å². The van der Waals surface area contributed by atoms with Gasteiger partial charge in [-0.3, -0.25) is 14.9 Å². The molecule has 1 aliphatic rings. The summed E-state index contributed by atoms with van der Waals surface area (Å²) in [5.74, 6) is 0.798. The molecule has 1 saturated heterocycles. The first-order valence-corrected chi connectivity index (χ1v) is 5.50.